The molecular weight excluding hydrogens is 274 g/mol. The maximum atomic E-state index is 11.2. The molecule has 0 bridgehead atoms. The second-order valence-electron chi connectivity index (χ2n) is 3.63. The molecule has 6 nitrogen and oxygen atoms in total. The number of phenols is 1. The summed E-state index contributed by atoms with van der Waals surface area (Å²) in [5, 5.41) is 20.4. The number of rotatable bonds is 5. The van der Waals surface area contributed by atoms with Crippen LogP contribution in [0.15, 0.2) is 24.3 Å². The smallest absolute Gasteiger partial charge is 0.407 e. The molecule has 0 aromatic heterocycles. The van der Waals surface area contributed by atoms with Crippen molar-refractivity contribution in [2.75, 3.05) is 6.61 Å². The third-order valence-corrected chi connectivity index (χ3v) is 2.24. The number of aliphatic carboxylic acids is 1. The highest BCUT2D eigenvalue weighted by molar-refractivity contribution is 5.85. The van der Waals surface area contributed by atoms with Gasteiger partial charge in [-0.1, -0.05) is 12.1 Å². The molecule has 1 aromatic carbocycles. The Balaban J connectivity index is 0.00000324. The zero-order chi connectivity index (χ0) is 13.5. The second kappa shape index (κ2) is 8.20. The van der Waals surface area contributed by atoms with Crippen LogP contribution in [-0.4, -0.2) is 34.9 Å². The van der Waals surface area contributed by atoms with Crippen LogP contribution in [0.1, 0.15) is 12.5 Å². The van der Waals surface area contributed by atoms with Gasteiger partial charge in [0, 0.05) is 6.42 Å². The number of ether oxygens (including phenoxy) is 1. The Bertz CT molecular complexity index is 421. The van der Waals surface area contributed by atoms with Crippen LogP contribution in [0.25, 0.3) is 0 Å². The third kappa shape index (κ3) is 5.96. The van der Waals surface area contributed by atoms with E-state index in [2.05, 4.69) is 10.1 Å². The number of phenolic OH excluding ortho intramolecular Hbond substituents is 1. The molecule has 0 heterocycles. The number of amides is 1. The van der Waals surface area contributed by atoms with Gasteiger partial charge >= 0.3 is 12.1 Å². The predicted molar refractivity (Wildman–Crippen MR) is 70.6 cm³/mol. The van der Waals surface area contributed by atoms with Crippen molar-refractivity contribution < 1.29 is 24.5 Å². The summed E-state index contributed by atoms with van der Waals surface area (Å²) in [4.78, 5) is 22.2. The molecule has 19 heavy (non-hydrogen) atoms. The molecule has 0 aliphatic carbocycles. The molecule has 0 fully saturated rings. The molecule has 1 amide bonds. The zero-order valence-corrected chi connectivity index (χ0v) is 11.1. The molecule has 3 N–H and O–H groups in total. The summed E-state index contributed by atoms with van der Waals surface area (Å²) < 4.78 is 4.63. The van der Waals surface area contributed by atoms with E-state index in [4.69, 9.17) is 10.2 Å². The summed E-state index contributed by atoms with van der Waals surface area (Å²) in [7, 11) is 0. The van der Waals surface area contributed by atoms with Crippen molar-refractivity contribution in [3.8, 4) is 5.75 Å². The Labute approximate surface area is 116 Å². The zero-order valence-electron chi connectivity index (χ0n) is 10.3. The maximum absolute atomic E-state index is 11.2. The fourth-order valence-corrected chi connectivity index (χ4v) is 1.38. The summed E-state index contributed by atoms with van der Waals surface area (Å²) in [6.07, 6.45) is -0.641. The van der Waals surface area contributed by atoms with E-state index in [0.29, 0.717) is 5.56 Å². The lowest BCUT2D eigenvalue weighted by Crippen LogP contribution is -2.42. The number of hydrogen-bond acceptors (Lipinski definition) is 4. The van der Waals surface area contributed by atoms with Crippen molar-refractivity contribution >= 4 is 24.5 Å². The van der Waals surface area contributed by atoms with Crippen LogP contribution >= 0.6 is 12.4 Å². The van der Waals surface area contributed by atoms with Gasteiger partial charge in [0.25, 0.3) is 0 Å². The van der Waals surface area contributed by atoms with E-state index in [-0.39, 0.29) is 31.2 Å². The number of carboxylic acids is 1. The largest absolute Gasteiger partial charge is 0.508 e. The van der Waals surface area contributed by atoms with Crippen LogP contribution in [0.5, 0.6) is 5.75 Å². The summed E-state index contributed by atoms with van der Waals surface area (Å²) >= 11 is 0. The van der Waals surface area contributed by atoms with E-state index < -0.39 is 18.1 Å². The highest BCUT2D eigenvalue weighted by atomic mass is 35.5. The average molecular weight is 290 g/mol. The lowest BCUT2D eigenvalue weighted by Gasteiger charge is -2.14. The summed E-state index contributed by atoms with van der Waals surface area (Å²) in [6.45, 7) is 1.81. The molecule has 1 aromatic rings. The number of alkyl carbamates (subject to hydrolysis) is 1. The van der Waals surface area contributed by atoms with Gasteiger partial charge in [-0.3, -0.25) is 0 Å². The Morgan fingerprint density at radius 1 is 1.32 bits per heavy atom. The molecule has 106 valence electrons. The SMILES string of the molecule is CCOC(=O)N[C@H](Cc1ccc(O)cc1)C(=O)O.Cl. The minimum Gasteiger partial charge on any atom is -0.508 e. The topological polar surface area (TPSA) is 95.9 Å². The first-order chi connectivity index (χ1) is 8.52. The maximum Gasteiger partial charge on any atom is 0.407 e. The van der Waals surface area contributed by atoms with Crippen molar-refractivity contribution in [1.82, 2.24) is 5.32 Å². The highest BCUT2D eigenvalue weighted by Gasteiger charge is 2.20. The first-order valence-electron chi connectivity index (χ1n) is 5.47. The van der Waals surface area contributed by atoms with Crippen LogP contribution in [0.3, 0.4) is 0 Å². The van der Waals surface area contributed by atoms with Crippen molar-refractivity contribution in [1.29, 1.82) is 0 Å². The average Bonchev–Trinajstić information content (AvgIpc) is 2.31. The Morgan fingerprint density at radius 2 is 1.89 bits per heavy atom. The molecule has 7 heteroatoms. The van der Waals surface area contributed by atoms with Crippen molar-refractivity contribution in [3.63, 3.8) is 0 Å². The van der Waals surface area contributed by atoms with Crippen LogP contribution in [0.4, 0.5) is 4.79 Å². The van der Waals surface area contributed by atoms with E-state index in [1.807, 2.05) is 0 Å². The van der Waals surface area contributed by atoms with E-state index in [1.54, 1.807) is 19.1 Å². The second-order valence-corrected chi connectivity index (χ2v) is 3.63. The first-order valence-corrected chi connectivity index (χ1v) is 5.47. The van der Waals surface area contributed by atoms with Gasteiger partial charge in [-0.25, -0.2) is 9.59 Å². The molecule has 0 aliphatic rings. The van der Waals surface area contributed by atoms with Crippen molar-refractivity contribution in [2.45, 2.75) is 19.4 Å². The summed E-state index contributed by atoms with van der Waals surface area (Å²) in [5.74, 6) is -1.04. The number of carbonyl (C=O) groups excluding carboxylic acids is 1. The molecule has 1 atom stereocenters. The fraction of sp³-hybridized carbons (Fsp3) is 0.333. The molecule has 0 saturated carbocycles. The minimum atomic E-state index is -1.14. The summed E-state index contributed by atoms with van der Waals surface area (Å²) in [6, 6.07) is 5.04. The molecule has 1 rings (SSSR count). The Hall–Kier alpha value is -1.95. The van der Waals surface area contributed by atoms with Gasteiger partial charge < -0.3 is 20.3 Å². The molecular formula is C12H16ClNO5. The number of benzene rings is 1. The van der Waals surface area contributed by atoms with Crippen LogP contribution in [-0.2, 0) is 16.0 Å². The Kier molecular flexibility index (Phi) is 7.36. The van der Waals surface area contributed by atoms with Crippen molar-refractivity contribution in [3.05, 3.63) is 29.8 Å². The number of halogens is 1. The fourth-order valence-electron chi connectivity index (χ4n) is 1.38. The standard InChI is InChI=1S/C12H15NO5.ClH/c1-2-18-12(17)13-10(11(15)16)7-8-3-5-9(14)6-4-8;/h3-6,10,14H,2,7H2,1H3,(H,13,17)(H,15,16);1H/t10-;/m1./s1. The minimum absolute atomic E-state index is 0. The number of carboxylic acid groups (broad SMARTS) is 1. The predicted octanol–water partition coefficient (Wildman–Crippen LogP) is 1.56. The summed E-state index contributed by atoms with van der Waals surface area (Å²) in [5.41, 5.74) is 0.692. The van der Waals surface area contributed by atoms with Gasteiger partial charge in [0.15, 0.2) is 0 Å². The molecule has 0 unspecified atom stereocenters. The van der Waals surface area contributed by atoms with E-state index >= 15 is 0 Å². The van der Waals surface area contributed by atoms with Crippen LogP contribution < -0.4 is 5.32 Å². The van der Waals surface area contributed by atoms with E-state index in [9.17, 15) is 9.59 Å². The van der Waals surface area contributed by atoms with Gasteiger partial charge in [0.1, 0.15) is 11.8 Å². The van der Waals surface area contributed by atoms with E-state index in [0.717, 1.165) is 0 Å². The van der Waals surface area contributed by atoms with Crippen LogP contribution in [0, 0.1) is 0 Å². The molecule has 0 spiro atoms. The Morgan fingerprint density at radius 3 is 2.37 bits per heavy atom. The normalized spacial score (nSPS) is 11.0. The van der Waals surface area contributed by atoms with Gasteiger partial charge in [0.05, 0.1) is 6.61 Å². The van der Waals surface area contributed by atoms with E-state index in [1.165, 1.54) is 12.1 Å². The number of nitrogens with one attached hydrogen (secondary N) is 1. The number of carbonyl (C=O) groups is 2. The van der Waals surface area contributed by atoms with Gasteiger partial charge in [-0.05, 0) is 24.6 Å². The highest BCUT2D eigenvalue weighted by Crippen LogP contribution is 2.11. The molecule has 0 radical (unpaired) electrons. The lowest BCUT2D eigenvalue weighted by molar-refractivity contribution is -0.139. The quantitative estimate of drug-likeness (QED) is 0.764. The third-order valence-electron chi connectivity index (χ3n) is 2.24. The molecule has 0 saturated heterocycles. The van der Waals surface area contributed by atoms with Crippen molar-refractivity contribution in [2.24, 2.45) is 0 Å². The lowest BCUT2D eigenvalue weighted by atomic mass is 10.1. The van der Waals surface area contributed by atoms with Crippen LogP contribution in [0.2, 0.25) is 0 Å². The number of aromatic hydroxyl groups is 1. The van der Waals surface area contributed by atoms with Gasteiger partial charge in [-0.15, -0.1) is 12.4 Å². The van der Waals surface area contributed by atoms with Gasteiger partial charge in [0.2, 0.25) is 0 Å². The monoisotopic (exact) mass is 289 g/mol. The van der Waals surface area contributed by atoms with Gasteiger partial charge in [-0.2, -0.15) is 0 Å². The molecule has 0 aliphatic heterocycles. The number of hydrogen-bond donors (Lipinski definition) is 3. The first kappa shape index (κ1) is 17.1.